The molecule has 0 aromatic heterocycles. The Hall–Kier alpha value is -0.410. The summed E-state index contributed by atoms with van der Waals surface area (Å²) in [6.45, 7) is 9.88. The lowest BCUT2D eigenvalue weighted by Gasteiger charge is -2.07. The van der Waals surface area contributed by atoms with Crippen LogP contribution in [0.25, 0.3) is 0 Å². The van der Waals surface area contributed by atoms with E-state index in [0.717, 1.165) is 12.3 Å². The van der Waals surface area contributed by atoms with Gasteiger partial charge in [-0.15, -0.1) is 0 Å². The fourth-order valence-corrected chi connectivity index (χ4v) is 2.18. The first kappa shape index (κ1) is 20.6. The summed E-state index contributed by atoms with van der Waals surface area (Å²) >= 11 is 0. The molecule has 0 aliphatic heterocycles. The molecule has 0 rings (SSSR count). The second-order valence-electron chi connectivity index (χ2n) is 6.56. The van der Waals surface area contributed by atoms with Gasteiger partial charge in [0.15, 0.2) is 5.78 Å². The van der Waals surface area contributed by atoms with Gasteiger partial charge in [-0.05, 0) is 26.2 Å². The quantitative estimate of drug-likeness (QED) is 0.408. The van der Waals surface area contributed by atoms with Crippen molar-refractivity contribution in [2.24, 2.45) is 5.92 Å². The Morgan fingerprint density at radius 3 is 2.10 bits per heavy atom. The summed E-state index contributed by atoms with van der Waals surface area (Å²) in [5.41, 5.74) is 0. The third-order valence-electron chi connectivity index (χ3n) is 3.43. The molecular formula is C18H36O3. The zero-order valence-electron chi connectivity index (χ0n) is 14.7. The maximum absolute atomic E-state index is 11.6. The SMILES string of the molecule is CC(C)CCCCCCCCC(=O)COCCOC(C)C. The fraction of sp³-hybridized carbons (Fsp3) is 0.944. The smallest absolute Gasteiger partial charge is 0.158 e. The number of hydrogen-bond donors (Lipinski definition) is 0. The Kier molecular flexibility index (Phi) is 14.2. The van der Waals surface area contributed by atoms with Gasteiger partial charge in [0.05, 0.1) is 19.3 Å². The van der Waals surface area contributed by atoms with Gasteiger partial charge in [-0.25, -0.2) is 0 Å². The number of hydrogen-bond acceptors (Lipinski definition) is 3. The van der Waals surface area contributed by atoms with Crippen molar-refractivity contribution in [3.63, 3.8) is 0 Å². The molecule has 0 saturated heterocycles. The topological polar surface area (TPSA) is 35.5 Å². The molecule has 0 amide bonds. The van der Waals surface area contributed by atoms with Crippen LogP contribution in [-0.4, -0.2) is 31.7 Å². The highest BCUT2D eigenvalue weighted by atomic mass is 16.5. The molecule has 0 heterocycles. The van der Waals surface area contributed by atoms with Gasteiger partial charge in [-0.1, -0.05) is 52.4 Å². The van der Waals surface area contributed by atoms with Crippen molar-refractivity contribution in [2.75, 3.05) is 19.8 Å². The van der Waals surface area contributed by atoms with Gasteiger partial charge in [0, 0.05) is 6.42 Å². The van der Waals surface area contributed by atoms with Crippen LogP contribution in [0.15, 0.2) is 0 Å². The lowest BCUT2D eigenvalue weighted by Crippen LogP contribution is -2.14. The molecule has 126 valence electrons. The van der Waals surface area contributed by atoms with E-state index >= 15 is 0 Å². The highest BCUT2D eigenvalue weighted by Gasteiger charge is 2.02. The molecule has 3 heteroatoms. The average molecular weight is 300 g/mol. The monoisotopic (exact) mass is 300 g/mol. The summed E-state index contributed by atoms with van der Waals surface area (Å²) in [4.78, 5) is 11.6. The van der Waals surface area contributed by atoms with Gasteiger partial charge in [0.1, 0.15) is 6.61 Å². The molecule has 0 saturated carbocycles. The predicted molar refractivity (Wildman–Crippen MR) is 88.7 cm³/mol. The van der Waals surface area contributed by atoms with Gasteiger partial charge < -0.3 is 9.47 Å². The molecule has 0 aromatic carbocycles. The summed E-state index contributed by atoms with van der Waals surface area (Å²) in [5, 5.41) is 0. The van der Waals surface area contributed by atoms with E-state index in [0.29, 0.717) is 19.6 Å². The van der Waals surface area contributed by atoms with Crippen molar-refractivity contribution in [1.82, 2.24) is 0 Å². The van der Waals surface area contributed by atoms with E-state index in [-0.39, 0.29) is 18.5 Å². The van der Waals surface area contributed by atoms with Crippen LogP contribution in [0.1, 0.15) is 79.1 Å². The maximum atomic E-state index is 11.6. The minimum Gasteiger partial charge on any atom is -0.376 e. The van der Waals surface area contributed by atoms with Gasteiger partial charge in [0.25, 0.3) is 0 Å². The Morgan fingerprint density at radius 1 is 0.857 bits per heavy atom. The first-order valence-electron chi connectivity index (χ1n) is 8.73. The van der Waals surface area contributed by atoms with Gasteiger partial charge >= 0.3 is 0 Å². The van der Waals surface area contributed by atoms with Crippen LogP contribution >= 0.6 is 0 Å². The van der Waals surface area contributed by atoms with Gasteiger partial charge in [0.2, 0.25) is 0 Å². The van der Waals surface area contributed by atoms with Crippen molar-refractivity contribution in [3.8, 4) is 0 Å². The summed E-state index contributed by atoms with van der Waals surface area (Å²) in [5.74, 6) is 1.05. The molecule has 0 aliphatic rings. The number of carbonyl (C=O) groups is 1. The average Bonchev–Trinajstić information content (AvgIpc) is 2.40. The first-order valence-corrected chi connectivity index (χ1v) is 8.73. The highest BCUT2D eigenvalue weighted by molar-refractivity contribution is 5.79. The van der Waals surface area contributed by atoms with E-state index in [4.69, 9.17) is 9.47 Å². The standard InChI is InChI=1S/C18H36O3/c1-16(2)11-9-7-5-6-8-10-12-18(19)15-20-13-14-21-17(3)4/h16-17H,5-15H2,1-4H3. The third-order valence-corrected chi connectivity index (χ3v) is 3.43. The molecule has 0 fully saturated rings. The van der Waals surface area contributed by atoms with Crippen LogP contribution in [0.5, 0.6) is 0 Å². The lowest BCUT2D eigenvalue weighted by molar-refractivity contribution is -0.124. The van der Waals surface area contributed by atoms with Gasteiger partial charge in [-0.2, -0.15) is 0 Å². The second-order valence-corrected chi connectivity index (χ2v) is 6.56. The van der Waals surface area contributed by atoms with Crippen molar-refractivity contribution < 1.29 is 14.3 Å². The number of ether oxygens (including phenoxy) is 2. The zero-order valence-corrected chi connectivity index (χ0v) is 14.7. The molecule has 0 aliphatic carbocycles. The molecule has 0 radical (unpaired) electrons. The normalized spacial score (nSPS) is 11.5. The van der Waals surface area contributed by atoms with Crippen molar-refractivity contribution in [2.45, 2.75) is 85.2 Å². The van der Waals surface area contributed by atoms with Crippen LogP contribution in [0, 0.1) is 5.92 Å². The molecule has 0 bridgehead atoms. The molecule has 21 heavy (non-hydrogen) atoms. The predicted octanol–water partition coefficient (Wildman–Crippen LogP) is 4.77. The zero-order chi connectivity index (χ0) is 15.9. The summed E-state index contributed by atoms with van der Waals surface area (Å²) < 4.78 is 10.7. The summed E-state index contributed by atoms with van der Waals surface area (Å²) in [7, 11) is 0. The molecule has 0 atom stereocenters. The van der Waals surface area contributed by atoms with Crippen molar-refractivity contribution in [1.29, 1.82) is 0 Å². The molecule has 3 nitrogen and oxygen atoms in total. The van der Waals surface area contributed by atoms with Crippen LogP contribution in [0.4, 0.5) is 0 Å². The van der Waals surface area contributed by atoms with Crippen LogP contribution < -0.4 is 0 Å². The third kappa shape index (κ3) is 17.5. The Morgan fingerprint density at radius 2 is 1.48 bits per heavy atom. The molecule has 0 N–H and O–H groups in total. The van der Waals surface area contributed by atoms with E-state index in [9.17, 15) is 4.79 Å². The maximum Gasteiger partial charge on any atom is 0.158 e. The van der Waals surface area contributed by atoms with Crippen LogP contribution in [0.2, 0.25) is 0 Å². The number of ketones is 1. The molecule has 0 unspecified atom stereocenters. The van der Waals surface area contributed by atoms with Crippen molar-refractivity contribution in [3.05, 3.63) is 0 Å². The molecule has 0 aromatic rings. The Bertz CT molecular complexity index is 237. The van der Waals surface area contributed by atoms with Crippen molar-refractivity contribution >= 4 is 5.78 Å². The summed E-state index contributed by atoms with van der Waals surface area (Å²) in [6.07, 6.45) is 9.67. The minimum atomic E-state index is 0.222. The van der Waals surface area contributed by atoms with Crippen LogP contribution in [-0.2, 0) is 14.3 Å². The van der Waals surface area contributed by atoms with E-state index < -0.39 is 0 Å². The largest absolute Gasteiger partial charge is 0.376 e. The van der Waals surface area contributed by atoms with Crippen LogP contribution in [0.3, 0.4) is 0 Å². The number of unbranched alkanes of at least 4 members (excludes halogenated alkanes) is 5. The summed E-state index contributed by atoms with van der Waals surface area (Å²) in [6, 6.07) is 0. The fourth-order valence-electron chi connectivity index (χ4n) is 2.18. The second kappa shape index (κ2) is 14.5. The number of carbonyl (C=O) groups excluding carboxylic acids is 1. The first-order chi connectivity index (χ1) is 10.0. The number of rotatable bonds is 15. The van der Waals surface area contributed by atoms with E-state index in [1.54, 1.807) is 0 Å². The van der Waals surface area contributed by atoms with E-state index in [1.807, 2.05) is 13.8 Å². The van der Waals surface area contributed by atoms with E-state index in [1.165, 1.54) is 38.5 Å². The highest BCUT2D eigenvalue weighted by Crippen LogP contribution is 2.12. The molecule has 0 spiro atoms. The molecular weight excluding hydrogens is 264 g/mol. The van der Waals surface area contributed by atoms with E-state index in [2.05, 4.69) is 13.8 Å². The Balaban J connectivity index is 3.19. The minimum absolute atomic E-state index is 0.222. The Labute approximate surface area is 131 Å². The van der Waals surface area contributed by atoms with Gasteiger partial charge in [-0.3, -0.25) is 4.79 Å². The lowest BCUT2D eigenvalue weighted by atomic mass is 10.0. The number of Topliss-reactive ketones (excluding diaryl/α,β-unsaturated/α-hetero) is 1.